The molecule has 1 unspecified atom stereocenters. The minimum Gasteiger partial charge on any atom is -0.492 e. The fraction of sp³-hybridized carbons (Fsp3) is 0.333. The second kappa shape index (κ2) is 8.16. The third kappa shape index (κ3) is 4.46. The lowest BCUT2D eigenvalue weighted by Crippen LogP contribution is -2.15. The molecule has 0 radical (unpaired) electrons. The van der Waals surface area contributed by atoms with Gasteiger partial charge in [0.1, 0.15) is 11.6 Å². The second-order valence-electron chi connectivity index (χ2n) is 5.30. The zero-order chi connectivity index (χ0) is 15.9. The van der Waals surface area contributed by atoms with Gasteiger partial charge >= 0.3 is 0 Å². The van der Waals surface area contributed by atoms with Gasteiger partial charge in [-0.05, 0) is 54.8 Å². The molecule has 2 N–H and O–H groups in total. The first-order valence-electron chi connectivity index (χ1n) is 7.50. The molecule has 2 rings (SSSR count). The van der Waals surface area contributed by atoms with Crippen molar-refractivity contribution in [3.63, 3.8) is 0 Å². The van der Waals surface area contributed by atoms with E-state index in [0.29, 0.717) is 30.3 Å². The van der Waals surface area contributed by atoms with Crippen LogP contribution in [0.5, 0.6) is 5.75 Å². The molecular formula is C18H21ClFNO. The third-order valence-corrected chi connectivity index (χ3v) is 3.84. The molecule has 118 valence electrons. The molecule has 2 aromatic rings. The van der Waals surface area contributed by atoms with Crippen molar-refractivity contribution >= 4 is 11.6 Å². The lowest BCUT2D eigenvalue weighted by Gasteiger charge is -2.16. The van der Waals surface area contributed by atoms with Gasteiger partial charge in [-0.2, -0.15) is 0 Å². The van der Waals surface area contributed by atoms with Crippen molar-refractivity contribution in [3.8, 4) is 5.75 Å². The van der Waals surface area contributed by atoms with Crippen LogP contribution < -0.4 is 10.5 Å². The standard InChI is InChI=1S/C18H21ClFNO/c1-2-8-22-18-7-6-13(10-17(18)19)9-15(12-21)14-4-3-5-16(20)11-14/h3-7,10-11,15H,2,8-9,12,21H2,1H3. The summed E-state index contributed by atoms with van der Waals surface area (Å²) >= 11 is 6.25. The van der Waals surface area contributed by atoms with Crippen molar-refractivity contribution in [2.45, 2.75) is 25.7 Å². The molecule has 2 nitrogen and oxygen atoms in total. The van der Waals surface area contributed by atoms with Crippen molar-refractivity contribution in [1.29, 1.82) is 0 Å². The summed E-state index contributed by atoms with van der Waals surface area (Å²) in [5.74, 6) is 0.522. The highest BCUT2D eigenvalue weighted by molar-refractivity contribution is 6.32. The summed E-state index contributed by atoms with van der Waals surface area (Å²) < 4.78 is 18.9. The summed E-state index contributed by atoms with van der Waals surface area (Å²) in [5.41, 5.74) is 7.83. The molecule has 0 saturated carbocycles. The predicted molar refractivity (Wildman–Crippen MR) is 89.1 cm³/mol. The van der Waals surface area contributed by atoms with Crippen molar-refractivity contribution in [2.75, 3.05) is 13.2 Å². The Morgan fingerprint density at radius 2 is 2.05 bits per heavy atom. The number of halogens is 2. The molecule has 0 amide bonds. The summed E-state index contributed by atoms with van der Waals surface area (Å²) in [6, 6.07) is 12.4. The third-order valence-electron chi connectivity index (χ3n) is 3.54. The number of benzene rings is 2. The van der Waals surface area contributed by atoms with Gasteiger partial charge in [-0.3, -0.25) is 0 Å². The summed E-state index contributed by atoms with van der Waals surface area (Å²) in [6.07, 6.45) is 1.65. The Morgan fingerprint density at radius 1 is 1.23 bits per heavy atom. The van der Waals surface area contributed by atoms with Crippen LogP contribution in [0.4, 0.5) is 4.39 Å². The van der Waals surface area contributed by atoms with Crippen LogP contribution in [0.1, 0.15) is 30.4 Å². The Kier molecular flexibility index (Phi) is 6.22. The van der Waals surface area contributed by atoms with Crippen LogP contribution in [-0.2, 0) is 6.42 Å². The monoisotopic (exact) mass is 321 g/mol. The normalized spacial score (nSPS) is 12.2. The van der Waals surface area contributed by atoms with Crippen LogP contribution in [0, 0.1) is 5.82 Å². The van der Waals surface area contributed by atoms with Crippen LogP contribution >= 0.6 is 11.6 Å². The minimum atomic E-state index is -0.239. The topological polar surface area (TPSA) is 35.2 Å². The van der Waals surface area contributed by atoms with E-state index in [2.05, 4.69) is 0 Å². The number of rotatable bonds is 7. The van der Waals surface area contributed by atoms with Gasteiger partial charge in [0.05, 0.1) is 11.6 Å². The van der Waals surface area contributed by atoms with Gasteiger partial charge < -0.3 is 10.5 Å². The van der Waals surface area contributed by atoms with E-state index in [-0.39, 0.29) is 11.7 Å². The zero-order valence-electron chi connectivity index (χ0n) is 12.7. The molecule has 0 aliphatic carbocycles. The van der Waals surface area contributed by atoms with E-state index in [9.17, 15) is 4.39 Å². The Bertz CT molecular complexity index is 618. The Labute approximate surface area is 136 Å². The quantitative estimate of drug-likeness (QED) is 0.811. The first-order valence-corrected chi connectivity index (χ1v) is 7.88. The molecule has 0 fully saturated rings. The predicted octanol–water partition coefficient (Wildman–Crippen LogP) is 4.55. The molecule has 0 spiro atoms. The number of hydrogen-bond donors (Lipinski definition) is 1. The molecule has 0 bridgehead atoms. The summed E-state index contributed by atoms with van der Waals surface area (Å²) in [7, 11) is 0. The SMILES string of the molecule is CCCOc1ccc(CC(CN)c2cccc(F)c2)cc1Cl. The van der Waals surface area contributed by atoms with E-state index in [1.807, 2.05) is 31.2 Å². The van der Waals surface area contributed by atoms with Gasteiger partial charge in [-0.1, -0.05) is 36.7 Å². The van der Waals surface area contributed by atoms with Gasteiger partial charge in [0.25, 0.3) is 0 Å². The average Bonchev–Trinajstić information content (AvgIpc) is 2.51. The Hall–Kier alpha value is -1.58. The van der Waals surface area contributed by atoms with Crippen LogP contribution in [0.3, 0.4) is 0 Å². The smallest absolute Gasteiger partial charge is 0.137 e. The molecule has 0 aromatic heterocycles. The van der Waals surface area contributed by atoms with E-state index in [1.165, 1.54) is 12.1 Å². The van der Waals surface area contributed by atoms with E-state index < -0.39 is 0 Å². The van der Waals surface area contributed by atoms with Gasteiger partial charge in [-0.25, -0.2) is 4.39 Å². The van der Waals surface area contributed by atoms with Crippen LogP contribution in [0.2, 0.25) is 5.02 Å². The Balaban J connectivity index is 2.12. The maximum Gasteiger partial charge on any atom is 0.137 e. The summed E-state index contributed by atoms with van der Waals surface area (Å²) in [5, 5.41) is 0.598. The van der Waals surface area contributed by atoms with Crippen LogP contribution in [0.15, 0.2) is 42.5 Å². The van der Waals surface area contributed by atoms with E-state index in [1.54, 1.807) is 6.07 Å². The molecule has 2 aromatic carbocycles. The van der Waals surface area contributed by atoms with Gasteiger partial charge in [-0.15, -0.1) is 0 Å². The van der Waals surface area contributed by atoms with E-state index in [4.69, 9.17) is 22.1 Å². The molecule has 4 heteroatoms. The maximum absolute atomic E-state index is 13.4. The molecule has 0 saturated heterocycles. The van der Waals surface area contributed by atoms with Crippen molar-refractivity contribution in [1.82, 2.24) is 0 Å². The molecule has 22 heavy (non-hydrogen) atoms. The number of hydrogen-bond acceptors (Lipinski definition) is 2. The Morgan fingerprint density at radius 3 is 2.68 bits per heavy atom. The fourth-order valence-electron chi connectivity index (χ4n) is 2.38. The van der Waals surface area contributed by atoms with E-state index in [0.717, 1.165) is 17.5 Å². The van der Waals surface area contributed by atoms with E-state index >= 15 is 0 Å². The molecular weight excluding hydrogens is 301 g/mol. The number of ether oxygens (including phenoxy) is 1. The highest BCUT2D eigenvalue weighted by Crippen LogP contribution is 2.28. The van der Waals surface area contributed by atoms with Crippen molar-refractivity contribution < 1.29 is 9.13 Å². The van der Waals surface area contributed by atoms with Gasteiger partial charge in [0, 0.05) is 5.92 Å². The largest absolute Gasteiger partial charge is 0.492 e. The molecule has 0 aliphatic rings. The summed E-state index contributed by atoms with van der Waals surface area (Å²) in [6.45, 7) is 3.15. The van der Waals surface area contributed by atoms with Crippen molar-refractivity contribution in [3.05, 3.63) is 64.4 Å². The first kappa shape index (κ1) is 16.8. The highest BCUT2D eigenvalue weighted by Gasteiger charge is 2.13. The lowest BCUT2D eigenvalue weighted by molar-refractivity contribution is 0.317. The summed E-state index contributed by atoms with van der Waals surface area (Å²) in [4.78, 5) is 0. The second-order valence-corrected chi connectivity index (χ2v) is 5.71. The van der Waals surface area contributed by atoms with Crippen molar-refractivity contribution in [2.24, 2.45) is 5.73 Å². The lowest BCUT2D eigenvalue weighted by atomic mass is 9.92. The molecule has 1 atom stereocenters. The molecule has 0 heterocycles. The average molecular weight is 322 g/mol. The van der Waals surface area contributed by atoms with Gasteiger partial charge in [0.15, 0.2) is 0 Å². The fourth-order valence-corrected chi connectivity index (χ4v) is 2.64. The van der Waals surface area contributed by atoms with Crippen LogP contribution in [0.25, 0.3) is 0 Å². The first-order chi connectivity index (χ1) is 10.6. The zero-order valence-corrected chi connectivity index (χ0v) is 13.4. The number of nitrogens with two attached hydrogens (primary N) is 1. The minimum absolute atomic E-state index is 0.0641. The highest BCUT2D eigenvalue weighted by atomic mass is 35.5. The van der Waals surface area contributed by atoms with Crippen LogP contribution in [-0.4, -0.2) is 13.2 Å². The molecule has 0 aliphatic heterocycles. The van der Waals surface area contributed by atoms with Gasteiger partial charge in [0.2, 0.25) is 0 Å². The maximum atomic E-state index is 13.4.